The van der Waals surface area contributed by atoms with E-state index in [-0.39, 0.29) is 21.6 Å². The first-order chi connectivity index (χ1) is 9.92. The van der Waals surface area contributed by atoms with E-state index in [1.807, 2.05) is 24.3 Å². The third-order valence-electron chi connectivity index (χ3n) is 3.72. The van der Waals surface area contributed by atoms with Gasteiger partial charge in [0, 0.05) is 0 Å². The maximum atomic E-state index is 12.5. The van der Waals surface area contributed by atoms with Crippen LogP contribution in [0.15, 0.2) is 28.6 Å². The summed E-state index contributed by atoms with van der Waals surface area (Å²) < 4.78 is 31.8. The molecule has 2 aromatic rings. The Bertz CT molecular complexity index is 723. The summed E-state index contributed by atoms with van der Waals surface area (Å²) >= 11 is 3.46. The smallest absolute Gasteiger partial charge is 0.210 e. The molecule has 1 aromatic heterocycles. The van der Waals surface area contributed by atoms with Crippen molar-refractivity contribution in [2.45, 2.75) is 29.7 Å². The first kappa shape index (κ1) is 16.1. The number of aromatic nitrogens is 1. The maximum absolute atomic E-state index is 12.5. The molecule has 1 atom stereocenters. The fourth-order valence-electron chi connectivity index (χ4n) is 2.82. The molecule has 1 fully saturated rings. The molecule has 21 heavy (non-hydrogen) atoms. The van der Waals surface area contributed by atoms with Crippen LogP contribution in [0.4, 0.5) is 0 Å². The molecule has 1 unspecified atom stereocenters. The third kappa shape index (κ3) is 3.42. The predicted molar refractivity (Wildman–Crippen MR) is 96.2 cm³/mol. The van der Waals surface area contributed by atoms with Gasteiger partial charge in [-0.1, -0.05) is 12.1 Å². The topological polar surface area (TPSA) is 56.3 Å². The minimum Gasteiger partial charge on any atom is -0.346 e. The van der Waals surface area contributed by atoms with Gasteiger partial charge in [-0.05, 0) is 59.9 Å². The van der Waals surface area contributed by atoms with E-state index in [1.54, 1.807) is 0 Å². The summed E-state index contributed by atoms with van der Waals surface area (Å²) in [6.45, 7) is 2.48. The molecular weight excluding hydrogens is 440 g/mol. The van der Waals surface area contributed by atoms with E-state index in [0.717, 1.165) is 23.1 Å². The number of halogens is 1. The SMILES string of the molecule is C[C@]1(OPI)C[C@H](CS(=O)(=O)c2nc3ccccc3s2)C1. The number of rotatable bonds is 5. The Kier molecular flexibility index (Phi) is 4.59. The van der Waals surface area contributed by atoms with Gasteiger partial charge < -0.3 is 4.52 Å². The van der Waals surface area contributed by atoms with Crippen LogP contribution < -0.4 is 0 Å². The predicted octanol–water partition coefficient (Wildman–Crippen LogP) is 4.20. The van der Waals surface area contributed by atoms with Gasteiger partial charge in [0.2, 0.25) is 14.2 Å². The fraction of sp³-hybridized carbons (Fsp3) is 0.462. The fourth-order valence-corrected chi connectivity index (χ4v) is 7.68. The lowest BCUT2D eigenvalue weighted by molar-refractivity contribution is -0.0108. The van der Waals surface area contributed by atoms with Crippen molar-refractivity contribution in [3.63, 3.8) is 0 Å². The second-order valence-electron chi connectivity index (χ2n) is 5.63. The van der Waals surface area contributed by atoms with Gasteiger partial charge in [-0.3, -0.25) is 0 Å². The molecule has 0 saturated heterocycles. The number of benzene rings is 1. The molecule has 1 aliphatic rings. The van der Waals surface area contributed by atoms with E-state index in [0.29, 0.717) is 6.45 Å². The molecule has 3 rings (SSSR count). The van der Waals surface area contributed by atoms with Gasteiger partial charge in [0.25, 0.3) is 0 Å². The molecule has 114 valence electrons. The van der Waals surface area contributed by atoms with E-state index < -0.39 is 9.84 Å². The molecule has 0 aliphatic heterocycles. The molecule has 1 saturated carbocycles. The van der Waals surface area contributed by atoms with Crippen LogP contribution in [0.3, 0.4) is 0 Å². The van der Waals surface area contributed by atoms with Gasteiger partial charge in [0.05, 0.1) is 28.0 Å². The average Bonchev–Trinajstić information content (AvgIpc) is 2.81. The van der Waals surface area contributed by atoms with Gasteiger partial charge in [-0.2, -0.15) is 0 Å². The highest BCUT2D eigenvalue weighted by molar-refractivity contribution is 14.2. The second-order valence-corrected chi connectivity index (χ2v) is 10.6. The Hall–Kier alpha value is 0.180. The lowest BCUT2D eigenvalue weighted by Crippen LogP contribution is -2.44. The zero-order valence-electron chi connectivity index (χ0n) is 11.4. The number of hydrogen-bond donors (Lipinski definition) is 0. The van der Waals surface area contributed by atoms with Crippen LogP contribution in [0.5, 0.6) is 0 Å². The van der Waals surface area contributed by atoms with Crippen molar-refractivity contribution in [2.24, 2.45) is 5.92 Å². The van der Waals surface area contributed by atoms with Crippen molar-refractivity contribution in [3.8, 4) is 0 Å². The monoisotopic (exact) mass is 455 g/mol. The average molecular weight is 455 g/mol. The van der Waals surface area contributed by atoms with Crippen LogP contribution >= 0.6 is 39.8 Å². The van der Waals surface area contributed by atoms with Crippen molar-refractivity contribution in [1.29, 1.82) is 0 Å². The van der Waals surface area contributed by atoms with Crippen molar-refractivity contribution in [2.75, 3.05) is 5.75 Å². The Morgan fingerprint density at radius 1 is 1.48 bits per heavy atom. The summed E-state index contributed by atoms with van der Waals surface area (Å²) in [4.78, 5) is 4.27. The lowest BCUT2D eigenvalue weighted by atomic mass is 9.73. The minimum atomic E-state index is -3.30. The largest absolute Gasteiger partial charge is 0.346 e. The first-order valence-corrected chi connectivity index (χ1v) is 13.0. The number of nitrogens with zero attached hydrogens (tertiary/aromatic N) is 1. The highest BCUT2D eigenvalue weighted by Crippen LogP contribution is 2.47. The zero-order valence-corrected chi connectivity index (χ0v) is 16.2. The van der Waals surface area contributed by atoms with E-state index >= 15 is 0 Å². The maximum Gasteiger partial charge on any atom is 0.210 e. The van der Waals surface area contributed by atoms with Gasteiger partial charge in [0.1, 0.15) is 0 Å². The van der Waals surface area contributed by atoms with E-state index in [1.165, 1.54) is 11.3 Å². The van der Waals surface area contributed by atoms with Crippen molar-refractivity contribution >= 4 is 59.9 Å². The second kappa shape index (κ2) is 6.00. The van der Waals surface area contributed by atoms with Crippen LogP contribution in [0, 0.1) is 5.92 Å². The molecule has 0 amide bonds. The molecule has 1 heterocycles. The molecule has 1 aliphatic carbocycles. The molecule has 1 aromatic carbocycles. The van der Waals surface area contributed by atoms with E-state index in [2.05, 4.69) is 33.9 Å². The summed E-state index contributed by atoms with van der Waals surface area (Å²) in [5, 5.41) is 0. The molecular formula is C13H15INO3PS2. The van der Waals surface area contributed by atoms with Gasteiger partial charge in [0.15, 0.2) is 0 Å². The summed E-state index contributed by atoms with van der Waals surface area (Å²) in [6, 6.07) is 7.52. The normalized spacial score (nSPS) is 26.5. The van der Waals surface area contributed by atoms with E-state index in [4.69, 9.17) is 4.52 Å². The van der Waals surface area contributed by atoms with Gasteiger partial charge in [-0.15, -0.1) is 11.3 Å². The Balaban J connectivity index is 1.73. The Labute approximate surface area is 143 Å². The Morgan fingerprint density at radius 2 is 2.19 bits per heavy atom. The quantitative estimate of drug-likeness (QED) is 0.501. The number of thiazole rings is 1. The summed E-state index contributed by atoms with van der Waals surface area (Å²) in [5.41, 5.74) is 0.627. The summed E-state index contributed by atoms with van der Waals surface area (Å²) in [5.74, 6) is 0.357. The van der Waals surface area contributed by atoms with Crippen molar-refractivity contribution < 1.29 is 12.9 Å². The van der Waals surface area contributed by atoms with Crippen LogP contribution in [0.25, 0.3) is 10.2 Å². The van der Waals surface area contributed by atoms with Crippen LogP contribution in [0.1, 0.15) is 19.8 Å². The van der Waals surface area contributed by atoms with Gasteiger partial charge >= 0.3 is 0 Å². The van der Waals surface area contributed by atoms with Crippen LogP contribution in [-0.4, -0.2) is 24.8 Å². The standard InChI is InChI=1S/C13H15INO3PS2/c1-13(18-19-14)6-9(7-13)8-21(16,17)12-15-10-4-2-3-5-11(10)20-12/h2-5,9,19H,6-8H2,1H3/t9-,13-. The van der Waals surface area contributed by atoms with Crippen LogP contribution in [-0.2, 0) is 14.4 Å². The molecule has 0 radical (unpaired) electrons. The zero-order chi connectivity index (χ0) is 15.1. The van der Waals surface area contributed by atoms with Crippen molar-refractivity contribution in [1.82, 2.24) is 4.98 Å². The third-order valence-corrected chi connectivity index (χ3v) is 8.33. The van der Waals surface area contributed by atoms with Crippen LogP contribution in [0.2, 0.25) is 0 Å². The van der Waals surface area contributed by atoms with Crippen molar-refractivity contribution in [3.05, 3.63) is 24.3 Å². The number of hydrogen-bond acceptors (Lipinski definition) is 5. The Morgan fingerprint density at radius 3 is 2.86 bits per heavy atom. The molecule has 0 bridgehead atoms. The molecule has 4 nitrogen and oxygen atoms in total. The highest BCUT2D eigenvalue weighted by atomic mass is 127. The highest BCUT2D eigenvalue weighted by Gasteiger charge is 2.43. The van der Waals surface area contributed by atoms with Gasteiger partial charge in [-0.25, -0.2) is 13.4 Å². The summed E-state index contributed by atoms with van der Waals surface area (Å²) in [6.07, 6.45) is 1.63. The minimum absolute atomic E-state index is 0.132. The molecule has 8 heteroatoms. The number of para-hydroxylation sites is 1. The number of fused-ring (bicyclic) bond motifs is 1. The van der Waals surface area contributed by atoms with E-state index in [9.17, 15) is 8.42 Å². The number of sulfone groups is 1. The lowest BCUT2D eigenvalue weighted by Gasteiger charge is -2.43. The molecule has 0 spiro atoms. The first-order valence-electron chi connectivity index (χ1n) is 6.54. The molecule has 0 N–H and O–H groups in total. The summed E-state index contributed by atoms with van der Waals surface area (Å²) in [7, 11) is -3.30.